The fraction of sp³-hybridized carbons (Fsp3) is 0.545. The molecule has 2 N–H and O–H groups in total. The molecule has 0 aliphatic carbocycles. The van der Waals surface area contributed by atoms with Crippen LogP contribution in [0.25, 0.3) is 11.0 Å². The topological polar surface area (TPSA) is 129 Å². The van der Waals surface area contributed by atoms with Gasteiger partial charge in [0.15, 0.2) is 0 Å². The van der Waals surface area contributed by atoms with Gasteiger partial charge in [0.1, 0.15) is 29.1 Å². The van der Waals surface area contributed by atoms with Gasteiger partial charge in [0.05, 0.1) is 16.6 Å². The average molecular weight is 459 g/mol. The normalized spacial score (nSPS) is 17.3. The van der Waals surface area contributed by atoms with Crippen molar-refractivity contribution < 1.29 is 28.7 Å². The molecule has 3 rings (SSSR count). The van der Waals surface area contributed by atoms with Gasteiger partial charge in [0.25, 0.3) is 11.5 Å². The summed E-state index contributed by atoms with van der Waals surface area (Å²) in [7, 11) is 0.698. The fourth-order valence-electron chi connectivity index (χ4n) is 3.35. The van der Waals surface area contributed by atoms with Gasteiger partial charge in [-0.2, -0.15) is 0 Å². The number of fused-ring (bicyclic) bond motifs is 1. The maximum Gasteiger partial charge on any atom is 0.496 e. The Bertz CT molecular complexity index is 1170. The van der Waals surface area contributed by atoms with Gasteiger partial charge in [-0.3, -0.25) is 19.0 Å². The summed E-state index contributed by atoms with van der Waals surface area (Å²) in [5.74, 6) is -2.11. The molecule has 3 heterocycles. The van der Waals surface area contributed by atoms with Gasteiger partial charge in [0.2, 0.25) is 0 Å². The number of ether oxygens (including phenoxy) is 1. The van der Waals surface area contributed by atoms with Crippen molar-refractivity contribution in [1.82, 2.24) is 14.9 Å². The molecular formula is C22H30BN3O7. The number of hydrogen-bond acceptors (Lipinski definition) is 8. The lowest BCUT2D eigenvalue weighted by atomic mass is 9.80. The van der Waals surface area contributed by atoms with Gasteiger partial charge in [-0.05, 0) is 54.5 Å². The molecule has 33 heavy (non-hydrogen) atoms. The molecule has 1 saturated heterocycles. The van der Waals surface area contributed by atoms with E-state index in [1.54, 1.807) is 26.8 Å². The average Bonchev–Trinajstić information content (AvgIpc) is 2.90. The van der Waals surface area contributed by atoms with Crippen LogP contribution in [-0.2, 0) is 25.9 Å². The second-order valence-corrected chi connectivity index (χ2v) is 10.1. The van der Waals surface area contributed by atoms with Crippen molar-refractivity contribution in [2.24, 2.45) is 7.05 Å². The van der Waals surface area contributed by atoms with E-state index in [9.17, 15) is 19.5 Å². The Morgan fingerprint density at radius 1 is 1.21 bits per heavy atom. The van der Waals surface area contributed by atoms with E-state index in [2.05, 4.69) is 10.3 Å². The lowest BCUT2D eigenvalue weighted by Gasteiger charge is -2.32. The summed E-state index contributed by atoms with van der Waals surface area (Å²) in [4.78, 5) is 41.7. The standard InChI is InChI=1S/C22H30BN3O7/c1-20(2,3)31-14(27)11-25-18(29)15-16(28)13-9-12(10-24-17(13)26(8)19(15)30)23-32-21(4,5)22(6,7)33-23/h9-10,28H,11H2,1-8H3,(H,25,29). The zero-order chi connectivity index (χ0) is 24.9. The van der Waals surface area contributed by atoms with Crippen molar-refractivity contribution in [2.45, 2.75) is 65.3 Å². The minimum absolute atomic E-state index is 0.173. The minimum Gasteiger partial charge on any atom is -0.506 e. The highest BCUT2D eigenvalue weighted by Crippen LogP contribution is 2.36. The molecular weight excluding hydrogens is 429 g/mol. The Morgan fingerprint density at radius 2 is 1.79 bits per heavy atom. The first-order valence-corrected chi connectivity index (χ1v) is 10.6. The van der Waals surface area contributed by atoms with Crippen LogP contribution in [0.2, 0.25) is 0 Å². The molecule has 0 unspecified atom stereocenters. The number of hydrogen-bond donors (Lipinski definition) is 2. The highest BCUT2D eigenvalue weighted by atomic mass is 16.7. The van der Waals surface area contributed by atoms with Crippen LogP contribution in [0.15, 0.2) is 17.1 Å². The Morgan fingerprint density at radius 3 is 2.33 bits per heavy atom. The van der Waals surface area contributed by atoms with Gasteiger partial charge in [-0.25, -0.2) is 4.98 Å². The van der Waals surface area contributed by atoms with Crippen molar-refractivity contribution in [3.05, 3.63) is 28.2 Å². The number of amides is 1. The van der Waals surface area contributed by atoms with Crippen LogP contribution in [0.3, 0.4) is 0 Å². The molecule has 10 nitrogen and oxygen atoms in total. The zero-order valence-electron chi connectivity index (χ0n) is 20.2. The largest absolute Gasteiger partial charge is 0.506 e. The first-order valence-electron chi connectivity index (χ1n) is 10.6. The van der Waals surface area contributed by atoms with Crippen LogP contribution < -0.4 is 16.3 Å². The van der Waals surface area contributed by atoms with E-state index < -0.39 is 59.2 Å². The van der Waals surface area contributed by atoms with E-state index in [4.69, 9.17) is 14.0 Å². The smallest absolute Gasteiger partial charge is 0.496 e. The second-order valence-electron chi connectivity index (χ2n) is 10.1. The molecule has 1 fully saturated rings. The predicted octanol–water partition coefficient (Wildman–Crippen LogP) is 1.01. The molecule has 0 radical (unpaired) electrons. The van der Waals surface area contributed by atoms with Crippen LogP contribution in [-0.4, -0.2) is 57.0 Å². The number of nitrogens with zero attached hydrogens (tertiary/aromatic N) is 2. The maximum atomic E-state index is 12.8. The van der Waals surface area contributed by atoms with Crippen molar-refractivity contribution in [3.8, 4) is 5.75 Å². The molecule has 0 spiro atoms. The number of carbonyl (C=O) groups is 2. The predicted molar refractivity (Wildman–Crippen MR) is 123 cm³/mol. The van der Waals surface area contributed by atoms with Crippen molar-refractivity contribution in [1.29, 1.82) is 0 Å². The quantitative estimate of drug-likeness (QED) is 0.512. The lowest BCUT2D eigenvalue weighted by molar-refractivity contribution is -0.153. The number of rotatable bonds is 4. The summed E-state index contributed by atoms with van der Waals surface area (Å²) in [6.07, 6.45) is 1.51. The molecule has 178 valence electrons. The monoisotopic (exact) mass is 459 g/mol. The second kappa shape index (κ2) is 8.14. The minimum atomic E-state index is -0.901. The van der Waals surface area contributed by atoms with Gasteiger partial charge in [-0.15, -0.1) is 0 Å². The summed E-state index contributed by atoms with van der Waals surface area (Å²) < 4.78 is 18.4. The van der Waals surface area contributed by atoms with E-state index in [1.807, 2.05) is 27.7 Å². The highest BCUT2D eigenvalue weighted by molar-refractivity contribution is 6.62. The van der Waals surface area contributed by atoms with E-state index in [-0.39, 0.29) is 11.0 Å². The van der Waals surface area contributed by atoms with E-state index in [0.29, 0.717) is 5.46 Å². The molecule has 0 bridgehead atoms. The first kappa shape index (κ1) is 24.7. The Hall–Kier alpha value is -2.92. The number of aromatic hydroxyl groups is 1. The summed E-state index contributed by atoms with van der Waals surface area (Å²) in [6.45, 7) is 12.3. The number of nitrogens with one attached hydrogen (secondary N) is 1. The first-order chi connectivity index (χ1) is 15.0. The maximum absolute atomic E-state index is 12.8. The van der Waals surface area contributed by atoms with E-state index >= 15 is 0 Å². The van der Waals surface area contributed by atoms with Gasteiger partial charge < -0.3 is 24.5 Å². The van der Waals surface area contributed by atoms with Crippen molar-refractivity contribution in [2.75, 3.05) is 6.54 Å². The third-order valence-electron chi connectivity index (χ3n) is 5.78. The number of aryl methyl sites for hydroxylation is 1. The van der Waals surface area contributed by atoms with Gasteiger partial charge in [0, 0.05) is 18.7 Å². The summed E-state index contributed by atoms with van der Waals surface area (Å²) in [5, 5.41) is 13.3. The van der Waals surface area contributed by atoms with Gasteiger partial charge >= 0.3 is 13.1 Å². The lowest BCUT2D eigenvalue weighted by Crippen LogP contribution is -2.41. The summed E-state index contributed by atoms with van der Waals surface area (Å²) in [6, 6.07) is 1.57. The van der Waals surface area contributed by atoms with Crippen LogP contribution in [0, 0.1) is 0 Å². The molecule has 1 aliphatic rings. The molecule has 2 aromatic rings. The number of aromatic nitrogens is 2. The fourth-order valence-corrected chi connectivity index (χ4v) is 3.35. The van der Waals surface area contributed by atoms with E-state index in [0.717, 1.165) is 4.57 Å². The number of carbonyl (C=O) groups excluding carboxylic acids is 2. The highest BCUT2D eigenvalue weighted by Gasteiger charge is 2.52. The molecule has 0 saturated carbocycles. The molecule has 11 heteroatoms. The zero-order valence-corrected chi connectivity index (χ0v) is 20.2. The van der Waals surface area contributed by atoms with Crippen molar-refractivity contribution >= 4 is 35.5 Å². The third-order valence-corrected chi connectivity index (χ3v) is 5.78. The number of pyridine rings is 2. The van der Waals surface area contributed by atoms with Crippen LogP contribution in [0.4, 0.5) is 0 Å². The Balaban J connectivity index is 1.96. The van der Waals surface area contributed by atoms with Crippen molar-refractivity contribution in [3.63, 3.8) is 0 Å². The van der Waals surface area contributed by atoms with Crippen LogP contribution in [0.1, 0.15) is 58.8 Å². The third kappa shape index (κ3) is 4.74. The summed E-state index contributed by atoms with van der Waals surface area (Å²) >= 11 is 0. The van der Waals surface area contributed by atoms with Crippen LogP contribution >= 0.6 is 0 Å². The van der Waals surface area contributed by atoms with Gasteiger partial charge in [-0.1, -0.05) is 0 Å². The molecule has 1 amide bonds. The number of esters is 1. The molecule has 0 aromatic carbocycles. The SMILES string of the molecule is Cn1c(=O)c(C(=O)NCC(=O)OC(C)(C)C)c(O)c2cc(B3OC(C)(C)C(C)(C)O3)cnc21. The van der Waals surface area contributed by atoms with E-state index in [1.165, 1.54) is 13.2 Å². The Kier molecular flexibility index (Phi) is 6.10. The molecule has 0 atom stereocenters. The Labute approximate surface area is 192 Å². The molecule has 2 aromatic heterocycles. The molecule has 1 aliphatic heterocycles. The van der Waals surface area contributed by atoms with Crippen LogP contribution in [0.5, 0.6) is 5.75 Å². The summed E-state index contributed by atoms with van der Waals surface area (Å²) in [5.41, 5.74) is -2.43.